The van der Waals surface area contributed by atoms with Crippen molar-refractivity contribution in [3.05, 3.63) is 83.4 Å². The van der Waals surface area contributed by atoms with Gasteiger partial charge in [-0.1, -0.05) is 30.3 Å². The molecule has 0 radical (unpaired) electrons. The third kappa shape index (κ3) is 4.72. The summed E-state index contributed by atoms with van der Waals surface area (Å²) in [5.74, 6) is 0.694. The maximum Gasteiger partial charge on any atom is 0.262 e. The summed E-state index contributed by atoms with van der Waals surface area (Å²) in [6, 6.07) is 19.1. The van der Waals surface area contributed by atoms with Crippen molar-refractivity contribution >= 4 is 21.6 Å². The van der Waals surface area contributed by atoms with Crippen molar-refractivity contribution in [2.24, 2.45) is 0 Å². The fourth-order valence-corrected chi connectivity index (χ4v) is 5.46. The molecule has 5 rings (SSSR count). The molecule has 1 aliphatic carbocycles. The highest BCUT2D eigenvalue weighted by molar-refractivity contribution is 7.92. The largest absolute Gasteiger partial charge is 0.490 e. The number of aryl methyl sites for hydroxylation is 1. The number of benzene rings is 3. The van der Waals surface area contributed by atoms with Crippen LogP contribution < -0.4 is 19.5 Å². The molecule has 2 aliphatic rings. The number of carbonyl (C=O) groups is 1. The first-order valence-corrected chi connectivity index (χ1v) is 12.9. The number of rotatable bonds is 5. The third-order valence-corrected chi connectivity index (χ3v) is 7.46. The van der Waals surface area contributed by atoms with Crippen LogP contribution in [-0.2, 0) is 16.4 Å². The molecule has 176 valence electrons. The quantitative estimate of drug-likeness (QED) is 0.565. The molecule has 8 heteroatoms. The average Bonchev–Trinajstić information content (AvgIpc) is 3.09. The molecule has 1 aliphatic heterocycles. The standard InChI is InChI=1S/C26H26N2O5S/c29-26(27-23-11-4-7-18-6-1-2-10-22(18)23)19-8-3-9-20(16-19)28-34(30,31)21-12-13-24-25(17-21)33-15-5-14-32-24/h1-3,6,8-10,12-13,16-17,23,28H,4-5,7,11,14-15H2,(H,27,29)/t23-/m0/s1. The van der Waals surface area contributed by atoms with Gasteiger partial charge in [-0.2, -0.15) is 0 Å². The Hall–Kier alpha value is -3.52. The zero-order valence-electron chi connectivity index (χ0n) is 18.6. The number of carbonyl (C=O) groups excluding carboxylic acids is 1. The van der Waals surface area contributed by atoms with Gasteiger partial charge in [0.15, 0.2) is 11.5 Å². The van der Waals surface area contributed by atoms with E-state index < -0.39 is 10.0 Å². The van der Waals surface area contributed by atoms with Gasteiger partial charge in [0.25, 0.3) is 15.9 Å². The first kappa shape index (κ1) is 22.3. The second kappa shape index (κ2) is 9.38. The molecule has 3 aromatic rings. The van der Waals surface area contributed by atoms with Crippen LogP contribution in [0.4, 0.5) is 5.69 Å². The second-order valence-corrected chi connectivity index (χ2v) is 10.1. The van der Waals surface area contributed by atoms with Gasteiger partial charge >= 0.3 is 0 Å². The Morgan fingerprint density at radius 2 is 1.71 bits per heavy atom. The molecule has 1 amide bonds. The Kier molecular flexibility index (Phi) is 6.15. The molecular weight excluding hydrogens is 452 g/mol. The molecule has 0 saturated heterocycles. The number of ether oxygens (including phenoxy) is 2. The van der Waals surface area contributed by atoms with Crippen molar-refractivity contribution in [3.8, 4) is 11.5 Å². The monoisotopic (exact) mass is 478 g/mol. The van der Waals surface area contributed by atoms with Crippen molar-refractivity contribution in [2.75, 3.05) is 17.9 Å². The molecule has 0 fully saturated rings. The number of hydrogen-bond donors (Lipinski definition) is 2. The molecule has 1 atom stereocenters. The minimum atomic E-state index is -3.89. The van der Waals surface area contributed by atoms with E-state index in [2.05, 4.69) is 22.2 Å². The smallest absolute Gasteiger partial charge is 0.262 e. The summed E-state index contributed by atoms with van der Waals surface area (Å²) >= 11 is 0. The van der Waals surface area contributed by atoms with Crippen LogP contribution in [-0.4, -0.2) is 27.5 Å². The highest BCUT2D eigenvalue weighted by atomic mass is 32.2. The summed E-state index contributed by atoms with van der Waals surface area (Å²) < 4.78 is 39.8. The maximum absolute atomic E-state index is 13.0. The van der Waals surface area contributed by atoms with Gasteiger partial charge in [-0.15, -0.1) is 0 Å². The first-order chi connectivity index (χ1) is 16.5. The normalized spacial score (nSPS) is 17.2. The van der Waals surface area contributed by atoms with Crippen LogP contribution in [0.25, 0.3) is 0 Å². The summed E-state index contributed by atoms with van der Waals surface area (Å²) in [6.07, 6.45) is 3.63. The number of sulfonamides is 1. The van der Waals surface area contributed by atoms with E-state index in [4.69, 9.17) is 9.47 Å². The minimum absolute atomic E-state index is 0.0559. The molecule has 0 aromatic heterocycles. The van der Waals surface area contributed by atoms with Gasteiger partial charge in [-0.3, -0.25) is 9.52 Å². The highest BCUT2D eigenvalue weighted by Crippen LogP contribution is 2.33. The molecule has 34 heavy (non-hydrogen) atoms. The number of nitrogens with one attached hydrogen (secondary N) is 2. The Balaban J connectivity index is 1.32. The Bertz CT molecular complexity index is 1320. The number of fused-ring (bicyclic) bond motifs is 2. The van der Waals surface area contributed by atoms with Gasteiger partial charge in [-0.25, -0.2) is 8.42 Å². The molecule has 1 heterocycles. The summed E-state index contributed by atoms with van der Waals surface area (Å²) in [5, 5.41) is 3.11. The minimum Gasteiger partial charge on any atom is -0.490 e. The van der Waals surface area contributed by atoms with E-state index in [9.17, 15) is 13.2 Å². The fraction of sp³-hybridized carbons (Fsp3) is 0.269. The maximum atomic E-state index is 13.0. The zero-order valence-corrected chi connectivity index (χ0v) is 19.4. The predicted molar refractivity (Wildman–Crippen MR) is 129 cm³/mol. The van der Waals surface area contributed by atoms with Crippen molar-refractivity contribution in [2.45, 2.75) is 36.6 Å². The highest BCUT2D eigenvalue weighted by Gasteiger charge is 2.23. The lowest BCUT2D eigenvalue weighted by Gasteiger charge is -2.26. The van der Waals surface area contributed by atoms with Crippen molar-refractivity contribution < 1.29 is 22.7 Å². The Labute approximate surface area is 199 Å². The van der Waals surface area contributed by atoms with Crippen molar-refractivity contribution in [1.82, 2.24) is 5.32 Å². The van der Waals surface area contributed by atoms with Crippen molar-refractivity contribution in [1.29, 1.82) is 0 Å². The predicted octanol–water partition coefficient (Wildman–Crippen LogP) is 4.46. The summed E-state index contributed by atoms with van der Waals surface area (Å²) in [7, 11) is -3.89. The van der Waals surface area contributed by atoms with Crippen LogP contribution in [0.3, 0.4) is 0 Å². The van der Waals surface area contributed by atoms with Crippen LogP contribution in [0.2, 0.25) is 0 Å². The Morgan fingerprint density at radius 1 is 0.882 bits per heavy atom. The average molecular weight is 479 g/mol. The lowest BCUT2D eigenvalue weighted by atomic mass is 9.87. The molecular formula is C26H26N2O5S. The second-order valence-electron chi connectivity index (χ2n) is 8.46. The van der Waals surface area contributed by atoms with E-state index in [1.807, 2.05) is 12.1 Å². The van der Waals surface area contributed by atoms with Gasteiger partial charge in [0.05, 0.1) is 24.2 Å². The van der Waals surface area contributed by atoms with E-state index in [1.165, 1.54) is 17.7 Å². The number of hydrogen-bond acceptors (Lipinski definition) is 5. The Morgan fingerprint density at radius 3 is 2.59 bits per heavy atom. The van der Waals surface area contributed by atoms with Crippen LogP contribution in [0.5, 0.6) is 11.5 Å². The lowest BCUT2D eigenvalue weighted by Crippen LogP contribution is -2.31. The summed E-state index contributed by atoms with van der Waals surface area (Å²) in [4.78, 5) is 13.0. The fourth-order valence-electron chi connectivity index (χ4n) is 4.39. The molecule has 0 unspecified atom stereocenters. The molecule has 7 nitrogen and oxygen atoms in total. The van der Waals surface area contributed by atoms with Gasteiger partial charge in [0.1, 0.15) is 0 Å². The van der Waals surface area contributed by atoms with Crippen molar-refractivity contribution in [3.63, 3.8) is 0 Å². The topological polar surface area (TPSA) is 93.7 Å². The van der Waals surface area contributed by atoms with Crippen LogP contribution in [0.15, 0.2) is 71.6 Å². The van der Waals surface area contributed by atoms with Crippen LogP contribution >= 0.6 is 0 Å². The van der Waals surface area contributed by atoms with E-state index in [0.717, 1.165) is 31.2 Å². The van der Waals surface area contributed by atoms with E-state index in [0.29, 0.717) is 36.0 Å². The van der Waals surface area contributed by atoms with E-state index in [-0.39, 0.29) is 16.8 Å². The molecule has 0 spiro atoms. The van der Waals surface area contributed by atoms with E-state index in [1.54, 1.807) is 30.3 Å². The molecule has 2 N–H and O–H groups in total. The number of amides is 1. The van der Waals surface area contributed by atoms with Crippen LogP contribution in [0.1, 0.15) is 46.8 Å². The lowest BCUT2D eigenvalue weighted by molar-refractivity contribution is 0.0932. The van der Waals surface area contributed by atoms with Gasteiger partial charge in [-0.05, 0) is 60.7 Å². The van der Waals surface area contributed by atoms with E-state index >= 15 is 0 Å². The van der Waals surface area contributed by atoms with Gasteiger partial charge < -0.3 is 14.8 Å². The third-order valence-electron chi connectivity index (χ3n) is 6.08. The molecule has 3 aromatic carbocycles. The number of anilines is 1. The molecule has 0 saturated carbocycles. The van der Waals surface area contributed by atoms with Crippen LogP contribution in [0, 0.1) is 0 Å². The van der Waals surface area contributed by atoms with Gasteiger partial charge in [0, 0.05) is 23.7 Å². The van der Waals surface area contributed by atoms with Gasteiger partial charge in [0.2, 0.25) is 0 Å². The zero-order chi connectivity index (χ0) is 23.5. The summed E-state index contributed by atoms with van der Waals surface area (Å²) in [6.45, 7) is 0.991. The first-order valence-electron chi connectivity index (χ1n) is 11.4. The summed E-state index contributed by atoms with van der Waals surface area (Å²) in [5.41, 5.74) is 3.11. The molecule has 0 bridgehead atoms. The SMILES string of the molecule is O=C(N[C@H]1CCCc2ccccc21)c1cccc(NS(=O)(=O)c2ccc3c(c2)OCCCO3)c1.